The normalized spacial score (nSPS) is 9.88. The Bertz CT molecular complexity index is 350. The van der Waals surface area contributed by atoms with Gasteiger partial charge in [0, 0.05) is 19.3 Å². The van der Waals surface area contributed by atoms with E-state index >= 15 is 0 Å². The van der Waals surface area contributed by atoms with E-state index in [9.17, 15) is 4.79 Å². The first kappa shape index (κ1) is 12.3. The molecule has 0 aliphatic carbocycles. The quantitative estimate of drug-likeness (QED) is 0.778. The Labute approximate surface area is 95.7 Å². The number of carbonyl (C=O) groups excluding carboxylic acids is 1. The minimum absolute atomic E-state index is 0.0706. The second kappa shape index (κ2) is 5.95. The number of aromatic nitrogens is 1. The third kappa shape index (κ3) is 3.12. The van der Waals surface area contributed by atoms with Crippen LogP contribution in [0.5, 0.6) is 0 Å². The molecule has 5 heteroatoms. The highest BCUT2D eigenvalue weighted by atomic mass is 16.2. The highest BCUT2D eigenvalue weighted by Crippen LogP contribution is 2.14. The number of carbonyl (C=O) groups is 1. The maximum Gasteiger partial charge on any atom is 0.241 e. The van der Waals surface area contributed by atoms with Crippen molar-refractivity contribution in [1.82, 2.24) is 9.88 Å². The SMILES string of the molecule is CCN(CC)C(=O)CNc1ccncc1N. The second-order valence-electron chi connectivity index (χ2n) is 3.38. The molecule has 1 aromatic rings. The minimum Gasteiger partial charge on any atom is -0.396 e. The summed E-state index contributed by atoms with van der Waals surface area (Å²) >= 11 is 0. The lowest BCUT2D eigenvalue weighted by Crippen LogP contribution is -2.35. The molecule has 0 aromatic carbocycles. The smallest absolute Gasteiger partial charge is 0.241 e. The van der Waals surface area contributed by atoms with E-state index in [1.807, 2.05) is 13.8 Å². The van der Waals surface area contributed by atoms with Gasteiger partial charge >= 0.3 is 0 Å². The summed E-state index contributed by atoms with van der Waals surface area (Å²) in [5, 5.41) is 3.01. The number of amides is 1. The summed E-state index contributed by atoms with van der Waals surface area (Å²) in [6.07, 6.45) is 3.20. The first-order valence-electron chi connectivity index (χ1n) is 5.40. The molecule has 0 unspecified atom stereocenters. The molecule has 3 N–H and O–H groups in total. The number of nitrogens with two attached hydrogens (primary N) is 1. The van der Waals surface area contributed by atoms with Crippen LogP contribution in [0.2, 0.25) is 0 Å². The van der Waals surface area contributed by atoms with Gasteiger partial charge in [-0.2, -0.15) is 0 Å². The van der Waals surface area contributed by atoms with Gasteiger partial charge in [-0.25, -0.2) is 0 Å². The second-order valence-corrected chi connectivity index (χ2v) is 3.38. The van der Waals surface area contributed by atoms with Gasteiger partial charge in [0.2, 0.25) is 5.91 Å². The van der Waals surface area contributed by atoms with E-state index in [0.717, 1.165) is 18.8 Å². The van der Waals surface area contributed by atoms with Gasteiger partial charge < -0.3 is 16.0 Å². The standard InChI is InChI=1S/C11H18N4O/c1-3-15(4-2)11(16)8-14-10-5-6-13-7-9(10)12/h5-7H,3-4,8,12H2,1-2H3,(H,13,14). The molecule has 0 radical (unpaired) electrons. The zero-order valence-electron chi connectivity index (χ0n) is 9.73. The monoisotopic (exact) mass is 222 g/mol. The summed E-state index contributed by atoms with van der Waals surface area (Å²) in [7, 11) is 0. The third-order valence-electron chi connectivity index (χ3n) is 2.40. The van der Waals surface area contributed by atoms with E-state index in [2.05, 4.69) is 10.3 Å². The van der Waals surface area contributed by atoms with Crippen molar-refractivity contribution in [2.75, 3.05) is 30.7 Å². The van der Waals surface area contributed by atoms with Crippen LogP contribution in [-0.4, -0.2) is 35.4 Å². The molecule has 88 valence electrons. The number of hydrogen-bond acceptors (Lipinski definition) is 4. The molecule has 1 heterocycles. The van der Waals surface area contributed by atoms with E-state index < -0.39 is 0 Å². The molecule has 0 fully saturated rings. The van der Waals surface area contributed by atoms with Crippen LogP contribution in [-0.2, 0) is 4.79 Å². The number of nitrogens with zero attached hydrogens (tertiary/aromatic N) is 2. The minimum atomic E-state index is 0.0706. The number of nitrogens with one attached hydrogen (secondary N) is 1. The van der Waals surface area contributed by atoms with Crippen LogP contribution >= 0.6 is 0 Å². The van der Waals surface area contributed by atoms with E-state index in [-0.39, 0.29) is 12.5 Å². The van der Waals surface area contributed by atoms with Crippen LogP contribution in [0, 0.1) is 0 Å². The lowest BCUT2D eigenvalue weighted by molar-refractivity contribution is -0.128. The van der Waals surface area contributed by atoms with Crippen LogP contribution in [0.1, 0.15) is 13.8 Å². The van der Waals surface area contributed by atoms with Gasteiger partial charge in [0.25, 0.3) is 0 Å². The highest BCUT2D eigenvalue weighted by molar-refractivity contribution is 5.82. The lowest BCUT2D eigenvalue weighted by Gasteiger charge is -2.19. The molecular formula is C11H18N4O. The number of anilines is 2. The molecular weight excluding hydrogens is 204 g/mol. The number of rotatable bonds is 5. The van der Waals surface area contributed by atoms with Crippen molar-refractivity contribution in [2.45, 2.75) is 13.8 Å². The van der Waals surface area contributed by atoms with Crippen LogP contribution in [0.15, 0.2) is 18.5 Å². The predicted octanol–water partition coefficient (Wildman–Crippen LogP) is 0.944. The van der Waals surface area contributed by atoms with Crippen molar-refractivity contribution in [3.05, 3.63) is 18.5 Å². The molecule has 0 aliphatic rings. The fourth-order valence-corrected chi connectivity index (χ4v) is 1.43. The number of hydrogen-bond donors (Lipinski definition) is 2. The summed E-state index contributed by atoms with van der Waals surface area (Å²) in [5.74, 6) is 0.0706. The van der Waals surface area contributed by atoms with Gasteiger partial charge in [0.05, 0.1) is 24.1 Å². The fraction of sp³-hybridized carbons (Fsp3) is 0.455. The Morgan fingerprint density at radius 2 is 2.19 bits per heavy atom. The van der Waals surface area contributed by atoms with Gasteiger partial charge in [-0.15, -0.1) is 0 Å². The van der Waals surface area contributed by atoms with E-state index in [1.54, 1.807) is 23.4 Å². The molecule has 5 nitrogen and oxygen atoms in total. The Morgan fingerprint density at radius 1 is 1.50 bits per heavy atom. The van der Waals surface area contributed by atoms with Gasteiger partial charge in [-0.1, -0.05) is 0 Å². The van der Waals surface area contributed by atoms with Crippen molar-refractivity contribution in [2.24, 2.45) is 0 Å². The fourth-order valence-electron chi connectivity index (χ4n) is 1.43. The summed E-state index contributed by atoms with van der Waals surface area (Å²) in [5.41, 5.74) is 6.99. The maximum absolute atomic E-state index is 11.7. The number of pyridine rings is 1. The molecule has 1 rings (SSSR count). The van der Waals surface area contributed by atoms with Gasteiger partial charge in [-0.05, 0) is 19.9 Å². The molecule has 0 aliphatic heterocycles. The highest BCUT2D eigenvalue weighted by Gasteiger charge is 2.09. The van der Waals surface area contributed by atoms with E-state index in [1.165, 1.54) is 0 Å². The molecule has 1 aromatic heterocycles. The molecule has 0 atom stereocenters. The largest absolute Gasteiger partial charge is 0.396 e. The summed E-state index contributed by atoms with van der Waals surface area (Å²) in [4.78, 5) is 17.3. The van der Waals surface area contributed by atoms with Gasteiger partial charge in [0.15, 0.2) is 0 Å². The summed E-state index contributed by atoms with van der Waals surface area (Å²) in [6, 6.07) is 1.75. The van der Waals surface area contributed by atoms with Crippen LogP contribution in [0.3, 0.4) is 0 Å². The Morgan fingerprint density at radius 3 is 2.75 bits per heavy atom. The average Bonchev–Trinajstić information content (AvgIpc) is 2.29. The van der Waals surface area contributed by atoms with Crippen molar-refractivity contribution in [1.29, 1.82) is 0 Å². The van der Waals surface area contributed by atoms with Crippen molar-refractivity contribution >= 4 is 17.3 Å². The first-order valence-corrected chi connectivity index (χ1v) is 5.40. The topological polar surface area (TPSA) is 71.2 Å². The number of likely N-dealkylation sites (N-methyl/N-ethyl adjacent to an activating group) is 1. The maximum atomic E-state index is 11.7. The molecule has 1 amide bonds. The molecule has 0 saturated heterocycles. The molecule has 16 heavy (non-hydrogen) atoms. The Balaban J connectivity index is 2.52. The number of nitrogen functional groups attached to an aromatic ring is 1. The zero-order chi connectivity index (χ0) is 12.0. The van der Waals surface area contributed by atoms with Crippen LogP contribution < -0.4 is 11.1 Å². The lowest BCUT2D eigenvalue weighted by atomic mass is 10.3. The van der Waals surface area contributed by atoms with Crippen LogP contribution in [0.25, 0.3) is 0 Å². The van der Waals surface area contributed by atoms with E-state index in [0.29, 0.717) is 5.69 Å². The average molecular weight is 222 g/mol. The molecule has 0 saturated carbocycles. The van der Waals surface area contributed by atoms with E-state index in [4.69, 9.17) is 5.73 Å². The molecule has 0 bridgehead atoms. The summed E-state index contributed by atoms with van der Waals surface area (Å²) in [6.45, 7) is 5.63. The van der Waals surface area contributed by atoms with Crippen molar-refractivity contribution in [3.8, 4) is 0 Å². The summed E-state index contributed by atoms with van der Waals surface area (Å²) < 4.78 is 0. The third-order valence-corrected chi connectivity index (χ3v) is 2.40. The van der Waals surface area contributed by atoms with Gasteiger partial charge in [-0.3, -0.25) is 9.78 Å². The Hall–Kier alpha value is -1.78. The van der Waals surface area contributed by atoms with Crippen molar-refractivity contribution in [3.63, 3.8) is 0 Å². The van der Waals surface area contributed by atoms with Gasteiger partial charge in [0.1, 0.15) is 0 Å². The van der Waals surface area contributed by atoms with Crippen LogP contribution in [0.4, 0.5) is 11.4 Å². The zero-order valence-corrected chi connectivity index (χ0v) is 9.73. The van der Waals surface area contributed by atoms with Crippen molar-refractivity contribution < 1.29 is 4.79 Å². The predicted molar refractivity (Wildman–Crippen MR) is 65.1 cm³/mol. The molecule has 0 spiro atoms. The first-order chi connectivity index (χ1) is 7.69. The Kier molecular flexibility index (Phi) is 4.57.